The van der Waals surface area contributed by atoms with Gasteiger partial charge in [0.15, 0.2) is 5.84 Å². The number of amidine groups is 1. The predicted octanol–water partition coefficient (Wildman–Crippen LogP) is 1.78. The van der Waals surface area contributed by atoms with Gasteiger partial charge in [0.05, 0.1) is 6.54 Å². The van der Waals surface area contributed by atoms with Gasteiger partial charge in [-0.3, -0.25) is 4.98 Å². The quantitative estimate of drug-likeness (QED) is 0.356. The molecule has 0 saturated carbocycles. The van der Waals surface area contributed by atoms with Crippen LogP contribution in [0, 0.1) is 6.92 Å². The molecule has 0 aliphatic carbocycles. The third-order valence-electron chi connectivity index (χ3n) is 3.47. The highest BCUT2D eigenvalue weighted by Gasteiger charge is 2.28. The molecule has 0 fully saturated rings. The van der Waals surface area contributed by atoms with Crippen molar-refractivity contribution in [3.8, 4) is 0 Å². The van der Waals surface area contributed by atoms with Crippen LogP contribution in [0.3, 0.4) is 0 Å². The van der Waals surface area contributed by atoms with Gasteiger partial charge >= 0.3 is 6.09 Å². The Kier molecular flexibility index (Phi) is 4.25. The Bertz CT molecular complexity index is 620. The SMILES string of the molecule is Cc1ncc2c(c1/C(N)=N/O)CCN(C(=O)OC(C)(C)C)C2. The maximum Gasteiger partial charge on any atom is 0.410 e. The van der Waals surface area contributed by atoms with E-state index in [0.717, 1.165) is 11.1 Å². The number of carbonyl (C=O) groups is 1. The monoisotopic (exact) mass is 306 g/mol. The predicted molar refractivity (Wildman–Crippen MR) is 81.8 cm³/mol. The van der Waals surface area contributed by atoms with E-state index >= 15 is 0 Å². The molecule has 120 valence electrons. The van der Waals surface area contributed by atoms with Crippen molar-refractivity contribution in [3.05, 3.63) is 28.6 Å². The molecule has 1 amide bonds. The van der Waals surface area contributed by atoms with Crippen molar-refractivity contribution in [1.29, 1.82) is 0 Å². The third-order valence-corrected chi connectivity index (χ3v) is 3.47. The lowest BCUT2D eigenvalue weighted by Crippen LogP contribution is -2.40. The second kappa shape index (κ2) is 5.82. The standard InChI is InChI=1S/C15H22N4O3/c1-9-12(13(16)18-21)11-5-6-19(8-10(11)7-17-9)14(20)22-15(2,3)4/h7,21H,5-6,8H2,1-4H3,(H2,16,18). The highest BCUT2D eigenvalue weighted by atomic mass is 16.6. The highest BCUT2D eigenvalue weighted by Crippen LogP contribution is 2.25. The van der Waals surface area contributed by atoms with Crippen LogP contribution >= 0.6 is 0 Å². The number of pyridine rings is 1. The fraction of sp³-hybridized carbons (Fsp3) is 0.533. The van der Waals surface area contributed by atoms with Crippen molar-refractivity contribution in [2.45, 2.75) is 46.3 Å². The zero-order valence-corrected chi connectivity index (χ0v) is 13.4. The molecule has 0 unspecified atom stereocenters. The minimum atomic E-state index is -0.526. The molecule has 2 rings (SSSR count). The van der Waals surface area contributed by atoms with E-state index in [0.29, 0.717) is 30.8 Å². The Hall–Kier alpha value is -2.31. The molecule has 1 aliphatic heterocycles. The average Bonchev–Trinajstić information content (AvgIpc) is 2.44. The van der Waals surface area contributed by atoms with Crippen LogP contribution in [0.15, 0.2) is 11.4 Å². The third kappa shape index (κ3) is 3.29. The van der Waals surface area contributed by atoms with E-state index in [2.05, 4.69) is 10.1 Å². The number of hydrogen-bond acceptors (Lipinski definition) is 5. The second-order valence-electron chi connectivity index (χ2n) is 6.36. The van der Waals surface area contributed by atoms with Crippen LogP contribution in [0.5, 0.6) is 0 Å². The highest BCUT2D eigenvalue weighted by molar-refractivity contribution is 5.99. The van der Waals surface area contributed by atoms with E-state index in [1.54, 1.807) is 11.1 Å². The molecule has 1 aliphatic rings. The summed E-state index contributed by atoms with van der Waals surface area (Å²) in [6, 6.07) is 0. The summed E-state index contributed by atoms with van der Waals surface area (Å²) in [5.74, 6) is 0.0487. The van der Waals surface area contributed by atoms with Gasteiger partial charge < -0.3 is 20.6 Å². The summed E-state index contributed by atoms with van der Waals surface area (Å²) < 4.78 is 5.39. The van der Waals surface area contributed by atoms with Crippen LogP contribution in [0.1, 0.15) is 43.2 Å². The molecule has 2 heterocycles. The van der Waals surface area contributed by atoms with E-state index in [-0.39, 0.29) is 11.9 Å². The molecule has 1 aromatic rings. The maximum atomic E-state index is 12.2. The first-order chi connectivity index (χ1) is 10.2. The minimum Gasteiger partial charge on any atom is -0.444 e. The van der Waals surface area contributed by atoms with E-state index in [1.807, 2.05) is 27.7 Å². The first kappa shape index (κ1) is 16.1. The van der Waals surface area contributed by atoms with Crippen molar-refractivity contribution >= 4 is 11.9 Å². The summed E-state index contributed by atoms with van der Waals surface area (Å²) in [7, 11) is 0. The van der Waals surface area contributed by atoms with Crippen LogP contribution in [0.4, 0.5) is 4.79 Å². The van der Waals surface area contributed by atoms with E-state index in [1.165, 1.54) is 0 Å². The fourth-order valence-electron chi connectivity index (χ4n) is 2.52. The number of aryl methyl sites for hydroxylation is 1. The first-order valence-corrected chi connectivity index (χ1v) is 7.16. The average molecular weight is 306 g/mol. The van der Waals surface area contributed by atoms with Crippen molar-refractivity contribution in [2.75, 3.05) is 6.54 Å². The van der Waals surface area contributed by atoms with Gasteiger partial charge in [0.1, 0.15) is 5.60 Å². The van der Waals surface area contributed by atoms with Gasteiger partial charge in [-0.15, -0.1) is 0 Å². The Morgan fingerprint density at radius 1 is 1.50 bits per heavy atom. The van der Waals surface area contributed by atoms with Gasteiger partial charge in [0.2, 0.25) is 0 Å². The lowest BCUT2D eigenvalue weighted by Gasteiger charge is -2.32. The molecule has 0 aromatic carbocycles. The molecule has 0 radical (unpaired) electrons. The van der Waals surface area contributed by atoms with Gasteiger partial charge in [-0.2, -0.15) is 0 Å². The molecular formula is C15H22N4O3. The van der Waals surface area contributed by atoms with Crippen LogP contribution < -0.4 is 5.73 Å². The number of nitrogens with two attached hydrogens (primary N) is 1. The molecule has 0 atom stereocenters. The number of fused-ring (bicyclic) bond motifs is 1. The molecule has 0 bridgehead atoms. The fourth-order valence-corrected chi connectivity index (χ4v) is 2.52. The first-order valence-electron chi connectivity index (χ1n) is 7.16. The molecule has 7 nitrogen and oxygen atoms in total. The number of ether oxygens (including phenoxy) is 1. The van der Waals surface area contributed by atoms with Gasteiger partial charge in [-0.1, -0.05) is 5.16 Å². The van der Waals surface area contributed by atoms with Gasteiger partial charge in [-0.25, -0.2) is 4.79 Å². The zero-order valence-electron chi connectivity index (χ0n) is 13.4. The van der Waals surface area contributed by atoms with Gasteiger partial charge in [0.25, 0.3) is 0 Å². The number of amides is 1. The molecule has 1 aromatic heterocycles. The summed E-state index contributed by atoms with van der Waals surface area (Å²) in [5, 5.41) is 12.0. The molecule has 7 heteroatoms. The molecule has 22 heavy (non-hydrogen) atoms. The largest absolute Gasteiger partial charge is 0.444 e. The Morgan fingerprint density at radius 3 is 2.77 bits per heavy atom. The number of oxime groups is 1. The summed E-state index contributed by atoms with van der Waals surface area (Å²) in [5.41, 5.74) is 8.46. The van der Waals surface area contributed by atoms with E-state index in [9.17, 15) is 4.79 Å². The Balaban J connectivity index is 2.27. The molecule has 0 spiro atoms. The molecule has 0 saturated heterocycles. The van der Waals surface area contributed by atoms with Crippen LogP contribution in [0.2, 0.25) is 0 Å². The Labute approximate surface area is 129 Å². The van der Waals surface area contributed by atoms with Crippen molar-refractivity contribution < 1.29 is 14.7 Å². The summed E-state index contributed by atoms with van der Waals surface area (Å²) in [4.78, 5) is 18.1. The number of rotatable bonds is 1. The summed E-state index contributed by atoms with van der Waals surface area (Å²) in [6.07, 6.45) is 2.00. The number of hydrogen-bond donors (Lipinski definition) is 2. The Morgan fingerprint density at radius 2 is 2.18 bits per heavy atom. The summed E-state index contributed by atoms with van der Waals surface area (Å²) >= 11 is 0. The maximum absolute atomic E-state index is 12.2. The number of carbonyl (C=O) groups excluding carboxylic acids is 1. The van der Waals surface area contributed by atoms with Crippen LogP contribution in [-0.4, -0.2) is 39.2 Å². The van der Waals surface area contributed by atoms with Crippen molar-refractivity contribution in [2.24, 2.45) is 10.9 Å². The minimum absolute atomic E-state index is 0.0487. The van der Waals surface area contributed by atoms with Crippen LogP contribution in [-0.2, 0) is 17.7 Å². The lowest BCUT2D eigenvalue weighted by molar-refractivity contribution is 0.0223. The molecular weight excluding hydrogens is 284 g/mol. The second-order valence-corrected chi connectivity index (χ2v) is 6.36. The number of aromatic nitrogens is 1. The number of nitrogens with zero attached hydrogens (tertiary/aromatic N) is 3. The van der Waals surface area contributed by atoms with E-state index in [4.69, 9.17) is 15.7 Å². The topological polar surface area (TPSA) is 101 Å². The van der Waals surface area contributed by atoms with Gasteiger partial charge in [0, 0.05) is 24.0 Å². The van der Waals surface area contributed by atoms with Crippen molar-refractivity contribution in [3.63, 3.8) is 0 Å². The lowest BCUT2D eigenvalue weighted by atomic mass is 9.94. The molecule has 3 N–H and O–H groups in total. The van der Waals surface area contributed by atoms with Crippen LogP contribution in [0.25, 0.3) is 0 Å². The zero-order chi connectivity index (χ0) is 16.5. The van der Waals surface area contributed by atoms with E-state index < -0.39 is 5.60 Å². The van der Waals surface area contributed by atoms with Crippen molar-refractivity contribution in [1.82, 2.24) is 9.88 Å². The normalized spacial score (nSPS) is 15.5. The van der Waals surface area contributed by atoms with Gasteiger partial charge in [-0.05, 0) is 45.2 Å². The summed E-state index contributed by atoms with van der Waals surface area (Å²) in [6.45, 7) is 8.26. The smallest absolute Gasteiger partial charge is 0.410 e.